The summed E-state index contributed by atoms with van der Waals surface area (Å²) in [5.74, 6) is 1.81. The van der Waals surface area contributed by atoms with Crippen molar-refractivity contribution < 1.29 is 4.42 Å². The monoisotopic (exact) mass is 482 g/mol. The molecule has 1 unspecified atom stereocenters. The lowest BCUT2D eigenvalue weighted by Gasteiger charge is -2.16. The molecule has 0 amide bonds. The van der Waals surface area contributed by atoms with Crippen LogP contribution in [-0.4, -0.2) is 24.5 Å². The van der Waals surface area contributed by atoms with Gasteiger partial charge in [0.25, 0.3) is 0 Å². The van der Waals surface area contributed by atoms with E-state index in [-0.39, 0.29) is 24.0 Å². The molecule has 2 aromatic heterocycles. The smallest absolute Gasteiger partial charge is 0.236 e. The van der Waals surface area contributed by atoms with Crippen molar-refractivity contribution in [1.82, 2.24) is 15.6 Å². The van der Waals surface area contributed by atoms with Crippen molar-refractivity contribution in [2.24, 2.45) is 4.99 Å². The zero-order valence-corrected chi connectivity index (χ0v) is 18.0. The molecule has 1 atom stereocenters. The predicted molar refractivity (Wildman–Crippen MR) is 118 cm³/mol. The molecule has 7 heteroatoms. The van der Waals surface area contributed by atoms with Crippen LogP contribution in [0.15, 0.2) is 63.5 Å². The molecular formula is C19H23IN4OS. The van der Waals surface area contributed by atoms with E-state index in [0.29, 0.717) is 18.4 Å². The van der Waals surface area contributed by atoms with Gasteiger partial charge in [-0.05, 0) is 22.9 Å². The molecule has 2 N–H and O–H groups in total. The minimum absolute atomic E-state index is 0. The second kappa shape index (κ2) is 10.3. The van der Waals surface area contributed by atoms with Gasteiger partial charge in [0.15, 0.2) is 5.96 Å². The van der Waals surface area contributed by atoms with E-state index in [1.807, 2.05) is 23.6 Å². The number of hydrogen-bond donors (Lipinski definition) is 2. The quantitative estimate of drug-likeness (QED) is 0.309. The second-order valence-corrected chi connectivity index (χ2v) is 6.69. The van der Waals surface area contributed by atoms with Gasteiger partial charge in [-0.1, -0.05) is 43.3 Å². The van der Waals surface area contributed by atoms with Crippen LogP contribution >= 0.6 is 35.3 Å². The molecule has 2 heterocycles. The molecule has 0 bridgehead atoms. The molecule has 0 aliphatic carbocycles. The number of oxazole rings is 1. The number of aliphatic imine (C=N–C) groups is 1. The lowest BCUT2D eigenvalue weighted by molar-refractivity contribution is 0.573. The van der Waals surface area contributed by atoms with Crippen molar-refractivity contribution in [2.75, 3.05) is 13.6 Å². The highest BCUT2D eigenvalue weighted by molar-refractivity contribution is 14.0. The average molecular weight is 482 g/mol. The summed E-state index contributed by atoms with van der Waals surface area (Å²) in [6.45, 7) is 3.57. The van der Waals surface area contributed by atoms with Crippen molar-refractivity contribution in [1.29, 1.82) is 0 Å². The summed E-state index contributed by atoms with van der Waals surface area (Å²) < 4.78 is 5.53. The van der Waals surface area contributed by atoms with E-state index in [9.17, 15) is 0 Å². The Morgan fingerprint density at radius 3 is 2.69 bits per heavy atom. The first-order chi connectivity index (χ1) is 12.3. The van der Waals surface area contributed by atoms with Crippen LogP contribution in [0.5, 0.6) is 0 Å². The lowest BCUT2D eigenvalue weighted by atomic mass is 10.0. The van der Waals surface area contributed by atoms with Gasteiger partial charge < -0.3 is 15.1 Å². The van der Waals surface area contributed by atoms with E-state index in [0.717, 1.165) is 23.1 Å². The predicted octanol–water partition coefficient (Wildman–Crippen LogP) is 4.49. The van der Waals surface area contributed by atoms with Gasteiger partial charge >= 0.3 is 0 Å². The number of thiophene rings is 1. The SMILES string of the molecule is CN=C(NCc1coc(-c2cccs2)n1)NCC(C)c1ccccc1.I. The first-order valence-electron chi connectivity index (χ1n) is 8.24. The van der Waals surface area contributed by atoms with Crippen molar-refractivity contribution in [3.63, 3.8) is 0 Å². The molecule has 0 radical (unpaired) electrons. The fourth-order valence-electron chi connectivity index (χ4n) is 2.45. The zero-order chi connectivity index (χ0) is 17.5. The Balaban J connectivity index is 0.00000243. The molecule has 1 aromatic carbocycles. The van der Waals surface area contributed by atoms with Gasteiger partial charge in [0.2, 0.25) is 5.89 Å². The van der Waals surface area contributed by atoms with Crippen molar-refractivity contribution >= 4 is 41.3 Å². The maximum absolute atomic E-state index is 5.53. The number of aromatic nitrogens is 1. The molecule has 3 aromatic rings. The van der Waals surface area contributed by atoms with Crippen LogP contribution in [0, 0.1) is 0 Å². The maximum atomic E-state index is 5.53. The molecule has 0 aliphatic rings. The average Bonchev–Trinajstić information content (AvgIpc) is 3.34. The Kier molecular flexibility index (Phi) is 8.11. The summed E-state index contributed by atoms with van der Waals surface area (Å²) in [5, 5.41) is 8.64. The van der Waals surface area contributed by atoms with Crippen molar-refractivity contribution in [3.05, 3.63) is 65.4 Å². The lowest BCUT2D eigenvalue weighted by Crippen LogP contribution is -2.38. The molecule has 0 spiro atoms. The Labute approximate surface area is 175 Å². The summed E-state index contributed by atoms with van der Waals surface area (Å²) >= 11 is 1.61. The van der Waals surface area contributed by atoms with Gasteiger partial charge in [0, 0.05) is 13.6 Å². The van der Waals surface area contributed by atoms with Gasteiger partial charge in [0.05, 0.1) is 17.1 Å². The molecular weight excluding hydrogens is 459 g/mol. The molecule has 0 aliphatic heterocycles. The zero-order valence-electron chi connectivity index (χ0n) is 14.8. The molecule has 0 fully saturated rings. The third-order valence-electron chi connectivity index (χ3n) is 3.89. The van der Waals surface area contributed by atoms with Crippen LogP contribution in [0.2, 0.25) is 0 Å². The fraction of sp³-hybridized carbons (Fsp3) is 0.263. The maximum Gasteiger partial charge on any atom is 0.236 e. The summed E-state index contributed by atoms with van der Waals surface area (Å²) in [4.78, 5) is 9.80. The second-order valence-electron chi connectivity index (χ2n) is 5.74. The Bertz CT molecular complexity index is 802. The Morgan fingerprint density at radius 2 is 2.00 bits per heavy atom. The molecule has 138 valence electrons. The third kappa shape index (κ3) is 5.57. The molecule has 3 rings (SSSR count). The minimum atomic E-state index is 0. The summed E-state index contributed by atoms with van der Waals surface area (Å²) in [6, 6.07) is 14.4. The minimum Gasteiger partial charge on any atom is -0.443 e. The number of benzene rings is 1. The largest absolute Gasteiger partial charge is 0.443 e. The molecule has 5 nitrogen and oxygen atoms in total. The topological polar surface area (TPSA) is 62.5 Å². The van der Waals surface area contributed by atoms with Crippen LogP contribution in [0.25, 0.3) is 10.8 Å². The highest BCUT2D eigenvalue weighted by atomic mass is 127. The number of halogens is 1. The molecule has 26 heavy (non-hydrogen) atoms. The van der Waals surface area contributed by atoms with Crippen LogP contribution < -0.4 is 10.6 Å². The summed E-state index contributed by atoms with van der Waals surface area (Å²) in [7, 11) is 1.77. The van der Waals surface area contributed by atoms with Crippen molar-refractivity contribution in [2.45, 2.75) is 19.4 Å². The van der Waals surface area contributed by atoms with Gasteiger partial charge in [-0.2, -0.15) is 0 Å². The van der Waals surface area contributed by atoms with Gasteiger partial charge in [-0.3, -0.25) is 4.99 Å². The molecule has 0 saturated carbocycles. The van der Waals surface area contributed by atoms with Crippen LogP contribution in [0.1, 0.15) is 24.1 Å². The van der Waals surface area contributed by atoms with E-state index in [1.165, 1.54) is 5.56 Å². The number of guanidine groups is 1. The van der Waals surface area contributed by atoms with Crippen LogP contribution in [0.3, 0.4) is 0 Å². The number of rotatable bonds is 6. The van der Waals surface area contributed by atoms with Crippen LogP contribution in [0.4, 0.5) is 0 Å². The third-order valence-corrected chi connectivity index (χ3v) is 4.75. The van der Waals surface area contributed by atoms with Crippen LogP contribution in [-0.2, 0) is 6.54 Å². The Morgan fingerprint density at radius 1 is 1.19 bits per heavy atom. The summed E-state index contributed by atoms with van der Waals surface area (Å²) in [5.41, 5.74) is 2.16. The normalized spacial score (nSPS) is 12.3. The van der Waals surface area contributed by atoms with E-state index in [1.54, 1.807) is 24.6 Å². The Hall–Kier alpha value is -1.87. The highest BCUT2D eigenvalue weighted by Gasteiger charge is 2.09. The van der Waals surface area contributed by atoms with Gasteiger partial charge in [-0.15, -0.1) is 35.3 Å². The number of hydrogen-bond acceptors (Lipinski definition) is 4. The highest BCUT2D eigenvalue weighted by Crippen LogP contribution is 2.23. The van der Waals surface area contributed by atoms with E-state index in [4.69, 9.17) is 4.42 Å². The van der Waals surface area contributed by atoms with E-state index >= 15 is 0 Å². The first-order valence-corrected chi connectivity index (χ1v) is 9.12. The fourth-order valence-corrected chi connectivity index (χ4v) is 3.10. The standard InChI is InChI=1S/C19H22N4OS.HI/c1-14(15-7-4-3-5-8-15)11-21-19(20-2)22-12-16-13-24-18(23-16)17-9-6-10-25-17;/h3-10,13-14H,11-12H2,1-2H3,(H2,20,21,22);1H. The van der Waals surface area contributed by atoms with E-state index < -0.39 is 0 Å². The number of nitrogens with zero attached hydrogens (tertiary/aromatic N) is 2. The van der Waals surface area contributed by atoms with Gasteiger partial charge in [0.1, 0.15) is 6.26 Å². The van der Waals surface area contributed by atoms with Gasteiger partial charge in [-0.25, -0.2) is 4.98 Å². The number of nitrogens with one attached hydrogen (secondary N) is 2. The first kappa shape index (κ1) is 20.4. The van der Waals surface area contributed by atoms with E-state index in [2.05, 4.69) is 51.8 Å². The molecule has 0 saturated heterocycles. The summed E-state index contributed by atoms with van der Waals surface area (Å²) in [6.07, 6.45) is 1.68. The van der Waals surface area contributed by atoms with Crippen molar-refractivity contribution in [3.8, 4) is 10.8 Å².